The fraction of sp³-hybridized carbons (Fsp3) is 0.100. The van der Waals surface area contributed by atoms with Crippen LogP contribution in [0.15, 0.2) is 36.9 Å². The molecule has 0 aromatic carbocycles. The van der Waals surface area contributed by atoms with Crippen LogP contribution < -0.4 is 0 Å². The molecule has 2 heterocycles. The van der Waals surface area contributed by atoms with Gasteiger partial charge in [0.25, 0.3) is 0 Å². The van der Waals surface area contributed by atoms with Gasteiger partial charge in [-0.1, -0.05) is 0 Å². The molecule has 0 atom stereocenters. The van der Waals surface area contributed by atoms with E-state index in [9.17, 15) is 4.79 Å². The lowest BCUT2D eigenvalue weighted by Crippen LogP contribution is -2.00. The minimum absolute atomic E-state index is 0.387. The van der Waals surface area contributed by atoms with E-state index in [4.69, 9.17) is 0 Å². The second-order valence-electron chi connectivity index (χ2n) is 3.15. The van der Waals surface area contributed by atoms with Crippen LogP contribution in [0.3, 0.4) is 0 Å². The molecule has 0 unspecified atom stereocenters. The van der Waals surface area contributed by atoms with Crippen molar-refractivity contribution in [3.8, 4) is 0 Å². The van der Waals surface area contributed by atoms with Gasteiger partial charge < -0.3 is 3.07 Å². The fourth-order valence-electron chi connectivity index (χ4n) is 1.28. The van der Waals surface area contributed by atoms with Gasteiger partial charge in [-0.25, -0.2) is 4.79 Å². The van der Waals surface area contributed by atoms with E-state index in [0.717, 1.165) is 5.56 Å². The van der Waals surface area contributed by atoms with Gasteiger partial charge >= 0.3 is 5.97 Å². The monoisotopic (exact) mass is 329 g/mol. The minimum atomic E-state index is -0.387. The first-order chi connectivity index (χ1) is 7.79. The van der Waals surface area contributed by atoms with Gasteiger partial charge in [-0.3, -0.25) is 9.67 Å². The molecule has 0 aliphatic heterocycles. The molecule has 0 aliphatic rings. The molecular formula is C10H8IN3O2. The van der Waals surface area contributed by atoms with Crippen molar-refractivity contribution in [2.45, 2.75) is 6.54 Å². The molecule has 0 aliphatic carbocycles. The minimum Gasteiger partial charge on any atom is -0.391 e. The molecule has 0 saturated carbocycles. The van der Waals surface area contributed by atoms with Crippen molar-refractivity contribution in [1.29, 1.82) is 0 Å². The van der Waals surface area contributed by atoms with Gasteiger partial charge in [0.1, 0.15) is 0 Å². The first-order valence-electron chi connectivity index (χ1n) is 4.54. The Balaban J connectivity index is 2.12. The highest BCUT2D eigenvalue weighted by atomic mass is 127. The van der Waals surface area contributed by atoms with Gasteiger partial charge in [0.05, 0.1) is 18.3 Å². The van der Waals surface area contributed by atoms with Gasteiger partial charge in [0, 0.05) is 18.6 Å². The van der Waals surface area contributed by atoms with Crippen molar-refractivity contribution in [2.24, 2.45) is 0 Å². The Labute approximate surface area is 106 Å². The van der Waals surface area contributed by atoms with E-state index in [1.54, 1.807) is 46.3 Å². The number of carbonyl (C=O) groups is 1. The lowest BCUT2D eigenvalue weighted by atomic mass is 10.3. The van der Waals surface area contributed by atoms with Crippen molar-refractivity contribution < 1.29 is 7.86 Å². The maximum absolute atomic E-state index is 11.2. The van der Waals surface area contributed by atoms with E-state index in [1.807, 2.05) is 12.1 Å². The Kier molecular flexibility index (Phi) is 3.50. The summed E-state index contributed by atoms with van der Waals surface area (Å²) in [4.78, 5) is 15.1. The maximum atomic E-state index is 11.2. The van der Waals surface area contributed by atoms with Crippen LogP contribution >= 0.6 is 23.0 Å². The second kappa shape index (κ2) is 5.06. The van der Waals surface area contributed by atoms with E-state index < -0.39 is 0 Å². The highest BCUT2D eigenvalue weighted by Gasteiger charge is 2.08. The molecule has 5 nitrogen and oxygen atoms in total. The van der Waals surface area contributed by atoms with Crippen LogP contribution in [0.5, 0.6) is 0 Å². The second-order valence-corrected chi connectivity index (χ2v) is 3.59. The average Bonchev–Trinajstić information content (AvgIpc) is 2.78. The molecular weight excluding hydrogens is 321 g/mol. The van der Waals surface area contributed by atoms with Crippen LogP contribution in [0.2, 0.25) is 0 Å². The molecule has 2 aromatic heterocycles. The summed E-state index contributed by atoms with van der Waals surface area (Å²) in [5.41, 5.74) is 1.52. The number of pyridine rings is 1. The molecule has 0 fully saturated rings. The topological polar surface area (TPSA) is 57.0 Å². The Morgan fingerprint density at radius 1 is 1.44 bits per heavy atom. The number of halogens is 1. The Morgan fingerprint density at radius 3 is 2.88 bits per heavy atom. The van der Waals surface area contributed by atoms with E-state index in [-0.39, 0.29) is 5.97 Å². The van der Waals surface area contributed by atoms with Crippen LogP contribution in [-0.2, 0) is 9.61 Å². The zero-order valence-electron chi connectivity index (χ0n) is 8.21. The third-order valence-electron chi connectivity index (χ3n) is 2.03. The standard InChI is InChI=1S/C10H8IN3O2/c11-16-10(15)9-5-13-14(7-9)6-8-1-3-12-4-2-8/h1-5,7H,6H2. The lowest BCUT2D eigenvalue weighted by Gasteiger charge is -1.99. The Hall–Kier alpha value is -1.44. The first kappa shape index (κ1) is 11.1. The molecule has 16 heavy (non-hydrogen) atoms. The average molecular weight is 329 g/mol. The molecule has 82 valence electrons. The molecule has 0 amide bonds. The van der Waals surface area contributed by atoms with E-state index >= 15 is 0 Å². The smallest absolute Gasteiger partial charge is 0.350 e. The van der Waals surface area contributed by atoms with E-state index in [1.165, 1.54) is 6.20 Å². The third-order valence-corrected chi connectivity index (χ3v) is 2.43. The summed E-state index contributed by atoms with van der Waals surface area (Å²) in [6.07, 6.45) is 6.58. The molecule has 6 heteroatoms. The van der Waals surface area contributed by atoms with Gasteiger partial charge in [-0.15, -0.1) is 0 Å². The zero-order valence-corrected chi connectivity index (χ0v) is 10.4. The summed E-state index contributed by atoms with van der Waals surface area (Å²) in [5, 5.41) is 4.07. The SMILES string of the molecule is O=C(OI)c1cnn(Cc2ccncc2)c1. The number of hydrogen-bond acceptors (Lipinski definition) is 4. The van der Waals surface area contributed by atoms with Crippen LogP contribution in [0.25, 0.3) is 0 Å². The molecule has 0 bridgehead atoms. The molecule has 2 aromatic rings. The van der Waals surface area contributed by atoms with Crippen molar-refractivity contribution in [2.75, 3.05) is 0 Å². The summed E-state index contributed by atoms with van der Waals surface area (Å²) in [6, 6.07) is 3.80. The number of hydrogen-bond donors (Lipinski definition) is 0. The lowest BCUT2D eigenvalue weighted by molar-refractivity contribution is 0.0800. The highest BCUT2D eigenvalue weighted by Crippen LogP contribution is 2.05. The van der Waals surface area contributed by atoms with Crippen LogP contribution in [0.1, 0.15) is 15.9 Å². The number of aromatic nitrogens is 3. The highest BCUT2D eigenvalue weighted by molar-refractivity contribution is 14.1. The van der Waals surface area contributed by atoms with Crippen LogP contribution in [0, 0.1) is 0 Å². The first-order valence-corrected chi connectivity index (χ1v) is 5.42. The van der Waals surface area contributed by atoms with Crippen molar-refractivity contribution >= 4 is 29.0 Å². The number of rotatable bonds is 3. The molecule has 2 rings (SSSR count). The molecule has 0 saturated heterocycles. The predicted octanol–water partition coefficient (Wildman–Crippen LogP) is 1.83. The van der Waals surface area contributed by atoms with Crippen molar-refractivity contribution in [3.05, 3.63) is 48.0 Å². The number of nitrogens with zero attached hydrogens (tertiary/aromatic N) is 3. The van der Waals surface area contributed by atoms with Crippen LogP contribution in [-0.4, -0.2) is 20.7 Å². The van der Waals surface area contributed by atoms with Gasteiger partial charge in [-0.2, -0.15) is 5.10 Å². The van der Waals surface area contributed by atoms with E-state index in [0.29, 0.717) is 12.1 Å². The van der Waals surface area contributed by atoms with Gasteiger partial charge in [-0.05, 0) is 17.7 Å². The molecule has 0 radical (unpaired) electrons. The number of carbonyl (C=O) groups excluding carboxylic acids is 1. The summed E-state index contributed by atoms with van der Waals surface area (Å²) in [5.74, 6) is -0.387. The van der Waals surface area contributed by atoms with Crippen LogP contribution in [0.4, 0.5) is 0 Å². The largest absolute Gasteiger partial charge is 0.391 e. The predicted molar refractivity (Wildman–Crippen MR) is 65.0 cm³/mol. The quantitative estimate of drug-likeness (QED) is 0.807. The summed E-state index contributed by atoms with van der Waals surface area (Å²) >= 11 is 1.56. The zero-order chi connectivity index (χ0) is 11.4. The molecule has 0 spiro atoms. The normalized spacial score (nSPS) is 10.1. The van der Waals surface area contributed by atoms with Gasteiger partial charge in [0.15, 0.2) is 23.0 Å². The van der Waals surface area contributed by atoms with E-state index in [2.05, 4.69) is 13.1 Å². The summed E-state index contributed by atoms with van der Waals surface area (Å²) in [7, 11) is 0. The summed E-state index contributed by atoms with van der Waals surface area (Å²) in [6.45, 7) is 0.608. The fourth-order valence-corrected chi connectivity index (χ4v) is 1.53. The third kappa shape index (κ3) is 2.57. The molecule has 0 N–H and O–H groups in total. The summed E-state index contributed by atoms with van der Waals surface area (Å²) < 4.78 is 6.25. The van der Waals surface area contributed by atoms with Crippen molar-refractivity contribution in [1.82, 2.24) is 14.8 Å². The van der Waals surface area contributed by atoms with Gasteiger partial charge in [0.2, 0.25) is 0 Å². The Morgan fingerprint density at radius 2 is 2.19 bits per heavy atom. The van der Waals surface area contributed by atoms with Crippen molar-refractivity contribution in [3.63, 3.8) is 0 Å². The Bertz CT molecular complexity index is 484. The maximum Gasteiger partial charge on any atom is 0.350 e.